The van der Waals surface area contributed by atoms with E-state index in [-0.39, 0.29) is 36.3 Å². The average molecular weight is 384 g/mol. The summed E-state index contributed by atoms with van der Waals surface area (Å²) in [6.07, 6.45) is 2.64. The van der Waals surface area contributed by atoms with E-state index in [0.717, 1.165) is 12.0 Å². The summed E-state index contributed by atoms with van der Waals surface area (Å²) in [5.41, 5.74) is 0.616. The van der Waals surface area contributed by atoms with Crippen molar-refractivity contribution in [3.8, 4) is 5.75 Å². The summed E-state index contributed by atoms with van der Waals surface area (Å²) in [4.78, 5) is 37.6. The number of methoxy groups -OCH3 is 1. The molecule has 2 N–H and O–H groups in total. The maximum Gasteiger partial charge on any atom is 0.263 e. The second-order valence-electron chi connectivity index (χ2n) is 7.07. The molecule has 1 aliphatic rings. The lowest BCUT2D eigenvalue weighted by Gasteiger charge is -2.12. The van der Waals surface area contributed by atoms with Crippen molar-refractivity contribution in [1.82, 2.24) is 9.88 Å². The standard InChI is InChI=1S/C21H24N2O5/c1-22-20(26)18-8-15(19(25)9-14-7-16(14)12-24)11-23(21(18)27)10-13-4-3-5-17(6-13)28-2/h3-6,8,11,14,16,24H,7,9-10,12H2,1-2H3,(H,22,26)/t14-,16-/m1/s1. The first-order valence-corrected chi connectivity index (χ1v) is 9.20. The fourth-order valence-corrected chi connectivity index (χ4v) is 3.31. The summed E-state index contributed by atoms with van der Waals surface area (Å²) in [6, 6.07) is 8.63. The van der Waals surface area contributed by atoms with Gasteiger partial charge in [0.05, 0.1) is 13.7 Å². The number of aliphatic hydroxyl groups excluding tert-OH is 1. The van der Waals surface area contributed by atoms with Gasteiger partial charge in [-0.3, -0.25) is 14.4 Å². The predicted octanol–water partition coefficient (Wildman–Crippen LogP) is 1.47. The molecule has 2 aromatic rings. The second-order valence-corrected chi connectivity index (χ2v) is 7.07. The topological polar surface area (TPSA) is 97.6 Å². The first kappa shape index (κ1) is 19.8. The number of nitrogens with one attached hydrogen (secondary N) is 1. The minimum atomic E-state index is -0.529. The van der Waals surface area contributed by atoms with Crippen LogP contribution in [0.25, 0.3) is 0 Å². The highest BCUT2D eigenvalue weighted by atomic mass is 16.5. The van der Waals surface area contributed by atoms with Gasteiger partial charge in [0.25, 0.3) is 11.5 Å². The molecule has 28 heavy (non-hydrogen) atoms. The van der Waals surface area contributed by atoms with Gasteiger partial charge in [0, 0.05) is 31.8 Å². The van der Waals surface area contributed by atoms with Crippen LogP contribution in [0.15, 0.2) is 41.3 Å². The van der Waals surface area contributed by atoms with Gasteiger partial charge in [0.1, 0.15) is 11.3 Å². The van der Waals surface area contributed by atoms with Gasteiger partial charge in [-0.25, -0.2) is 0 Å². The number of aromatic nitrogens is 1. The van der Waals surface area contributed by atoms with E-state index in [9.17, 15) is 19.5 Å². The Morgan fingerprint density at radius 1 is 1.29 bits per heavy atom. The van der Waals surface area contributed by atoms with Gasteiger partial charge in [-0.05, 0) is 42.0 Å². The van der Waals surface area contributed by atoms with Gasteiger partial charge in [-0.2, -0.15) is 0 Å². The Morgan fingerprint density at radius 2 is 2.07 bits per heavy atom. The molecule has 1 heterocycles. The molecule has 0 spiro atoms. The highest BCUT2D eigenvalue weighted by molar-refractivity contribution is 6.00. The van der Waals surface area contributed by atoms with Crippen molar-refractivity contribution in [3.63, 3.8) is 0 Å². The molecule has 7 heteroatoms. The molecule has 148 valence electrons. The third kappa shape index (κ3) is 4.31. The van der Waals surface area contributed by atoms with Crippen molar-refractivity contribution in [2.45, 2.75) is 19.4 Å². The molecule has 1 aliphatic carbocycles. The molecular formula is C21H24N2O5. The Kier molecular flexibility index (Phi) is 5.94. The smallest absolute Gasteiger partial charge is 0.263 e. The SMILES string of the molecule is CNC(=O)c1cc(C(=O)C[C@H]2C[C@@H]2CO)cn(Cc2cccc(OC)c2)c1=O. The van der Waals surface area contributed by atoms with Crippen LogP contribution in [0, 0.1) is 11.8 Å². The van der Waals surface area contributed by atoms with E-state index >= 15 is 0 Å². The van der Waals surface area contributed by atoms with Crippen LogP contribution in [0.1, 0.15) is 39.1 Å². The van der Waals surface area contributed by atoms with Gasteiger partial charge in [-0.1, -0.05) is 12.1 Å². The largest absolute Gasteiger partial charge is 0.497 e. The summed E-state index contributed by atoms with van der Waals surface area (Å²) in [5, 5.41) is 11.6. The highest BCUT2D eigenvalue weighted by Gasteiger charge is 2.38. The van der Waals surface area contributed by atoms with E-state index < -0.39 is 11.5 Å². The molecule has 0 unspecified atom stereocenters. The summed E-state index contributed by atoms with van der Waals surface area (Å²) in [6.45, 7) is 0.292. The highest BCUT2D eigenvalue weighted by Crippen LogP contribution is 2.41. The van der Waals surface area contributed by atoms with E-state index in [1.165, 1.54) is 23.9 Å². The lowest BCUT2D eigenvalue weighted by Crippen LogP contribution is -2.32. The molecule has 0 aliphatic heterocycles. The maximum atomic E-state index is 12.8. The average Bonchev–Trinajstić information content (AvgIpc) is 3.47. The number of hydrogen-bond acceptors (Lipinski definition) is 5. The van der Waals surface area contributed by atoms with Gasteiger partial charge in [0.15, 0.2) is 5.78 Å². The van der Waals surface area contributed by atoms with Crippen molar-refractivity contribution in [2.24, 2.45) is 11.8 Å². The number of ketones is 1. The zero-order chi connectivity index (χ0) is 20.3. The van der Waals surface area contributed by atoms with Crippen molar-refractivity contribution in [2.75, 3.05) is 20.8 Å². The van der Waals surface area contributed by atoms with Crippen LogP contribution in [-0.2, 0) is 6.54 Å². The Morgan fingerprint density at radius 3 is 2.71 bits per heavy atom. The fourth-order valence-electron chi connectivity index (χ4n) is 3.31. The monoisotopic (exact) mass is 384 g/mol. The summed E-state index contributed by atoms with van der Waals surface area (Å²) in [5.74, 6) is 0.335. The van der Waals surface area contributed by atoms with E-state index in [1.807, 2.05) is 12.1 Å². The van der Waals surface area contributed by atoms with Crippen LogP contribution in [0.5, 0.6) is 5.75 Å². The second kappa shape index (κ2) is 8.39. The van der Waals surface area contributed by atoms with Gasteiger partial charge in [0.2, 0.25) is 0 Å². The Labute approximate surface area is 163 Å². The predicted molar refractivity (Wildman–Crippen MR) is 104 cm³/mol. The van der Waals surface area contributed by atoms with E-state index in [4.69, 9.17) is 4.74 Å². The molecule has 7 nitrogen and oxygen atoms in total. The van der Waals surface area contributed by atoms with Crippen LogP contribution < -0.4 is 15.6 Å². The summed E-state index contributed by atoms with van der Waals surface area (Å²) in [7, 11) is 3.00. The molecule has 0 bridgehead atoms. The molecule has 0 saturated heterocycles. The number of nitrogens with zero attached hydrogens (tertiary/aromatic N) is 1. The number of Topliss-reactive ketones (excluding diaryl/α,β-unsaturated/α-hetero) is 1. The number of aliphatic hydroxyl groups is 1. The molecule has 2 atom stereocenters. The van der Waals surface area contributed by atoms with E-state index in [2.05, 4.69) is 5.32 Å². The lowest BCUT2D eigenvalue weighted by atomic mass is 10.0. The number of hydrogen-bond donors (Lipinski definition) is 2. The molecule has 1 aromatic heterocycles. The fraction of sp³-hybridized carbons (Fsp3) is 0.381. The number of carbonyl (C=O) groups excluding carboxylic acids is 2. The Bertz CT molecular complexity index is 950. The van der Waals surface area contributed by atoms with Crippen LogP contribution in [0.2, 0.25) is 0 Å². The zero-order valence-corrected chi connectivity index (χ0v) is 16.0. The Balaban J connectivity index is 1.94. The van der Waals surface area contributed by atoms with Gasteiger partial charge < -0.3 is 19.7 Å². The molecule has 1 saturated carbocycles. The number of carbonyl (C=O) groups is 2. The third-order valence-corrected chi connectivity index (χ3v) is 5.12. The summed E-state index contributed by atoms with van der Waals surface area (Å²) >= 11 is 0. The third-order valence-electron chi connectivity index (χ3n) is 5.12. The quantitative estimate of drug-likeness (QED) is 0.672. The number of rotatable bonds is 8. The van der Waals surface area contributed by atoms with Gasteiger partial charge >= 0.3 is 0 Å². The molecule has 1 amide bonds. The van der Waals surface area contributed by atoms with Crippen molar-refractivity contribution in [3.05, 3.63) is 63.6 Å². The molecule has 0 radical (unpaired) electrons. The van der Waals surface area contributed by atoms with Crippen LogP contribution in [0.3, 0.4) is 0 Å². The maximum absolute atomic E-state index is 12.8. The molecular weight excluding hydrogens is 360 g/mol. The van der Waals surface area contributed by atoms with E-state index in [0.29, 0.717) is 17.7 Å². The minimum absolute atomic E-state index is 0.0641. The van der Waals surface area contributed by atoms with Crippen LogP contribution >= 0.6 is 0 Å². The number of ether oxygens (including phenoxy) is 1. The number of pyridine rings is 1. The van der Waals surface area contributed by atoms with Crippen LogP contribution in [-0.4, -0.2) is 42.1 Å². The zero-order valence-electron chi connectivity index (χ0n) is 16.0. The molecule has 1 aromatic carbocycles. The summed E-state index contributed by atoms with van der Waals surface area (Å²) < 4.78 is 6.59. The Hall–Kier alpha value is -2.93. The van der Waals surface area contributed by atoms with Crippen LogP contribution in [0.4, 0.5) is 0 Å². The molecule has 3 rings (SSSR count). The van der Waals surface area contributed by atoms with Crippen molar-refractivity contribution in [1.29, 1.82) is 0 Å². The normalized spacial score (nSPS) is 17.8. The first-order chi connectivity index (χ1) is 13.5. The number of benzene rings is 1. The van der Waals surface area contributed by atoms with Crippen molar-refractivity contribution >= 4 is 11.7 Å². The van der Waals surface area contributed by atoms with E-state index in [1.54, 1.807) is 19.2 Å². The lowest BCUT2D eigenvalue weighted by molar-refractivity contribution is 0.0961. The van der Waals surface area contributed by atoms with Gasteiger partial charge in [-0.15, -0.1) is 0 Å². The molecule has 1 fully saturated rings. The first-order valence-electron chi connectivity index (χ1n) is 9.20. The number of amides is 1. The van der Waals surface area contributed by atoms with Crippen molar-refractivity contribution < 1.29 is 19.4 Å². The minimum Gasteiger partial charge on any atom is -0.497 e.